The maximum absolute atomic E-state index is 11.6. The molecule has 1 aromatic heterocycles. The first-order chi connectivity index (χ1) is 7.56. The highest BCUT2D eigenvalue weighted by Gasteiger charge is 2.08. The van der Waals surface area contributed by atoms with E-state index in [0.717, 1.165) is 5.39 Å². The monoisotopic (exact) mass is 238 g/mol. The molecule has 2 rings (SSSR count). The Balaban J connectivity index is 2.58. The van der Waals surface area contributed by atoms with Crippen molar-refractivity contribution in [3.63, 3.8) is 0 Å². The molecular weight excluding hydrogens is 228 g/mol. The van der Waals surface area contributed by atoms with E-state index in [1.807, 2.05) is 6.92 Å². The Morgan fingerprint density at radius 3 is 2.88 bits per heavy atom. The lowest BCUT2D eigenvalue weighted by Crippen LogP contribution is -2.11. The molecule has 0 aliphatic heterocycles. The standard InChI is InChI=1S/C12H11ClO3/c1-7(13)4-9-5-8-2-3-10(14)6-11(8)16-12(9)15/h2-3,5-7,14H,4H2,1H3/t7-/m0/s1. The number of hydrogen-bond acceptors (Lipinski definition) is 3. The molecule has 0 fully saturated rings. The lowest BCUT2D eigenvalue weighted by molar-refractivity contribution is 0.472. The van der Waals surface area contributed by atoms with Crippen LogP contribution >= 0.6 is 11.6 Å². The maximum Gasteiger partial charge on any atom is 0.339 e. The van der Waals surface area contributed by atoms with E-state index >= 15 is 0 Å². The largest absolute Gasteiger partial charge is 0.508 e. The van der Waals surface area contributed by atoms with Gasteiger partial charge in [-0.15, -0.1) is 11.6 Å². The van der Waals surface area contributed by atoms with Crippen LogP contribution in [0.25, 0.3) is 11.0 Å². The second-order valence-electron chi connectivity index (χ2n) is 3.77. The summed E-state index contributed by atoms with van der Waals surface area (Å²) in [6, 6.07) is 6.43. The molecule has 2 aromatic rings. The fourth-order valence-corrected chi connectivity index (χ4v) is 1.75. The van der Waals surface area contributed by atoms with Gasteiger partial charge in [-0.1, -0.05) is 0 Å². The van der Waals surface area contributed by atoms with Crippen molar-refractivity contribution in [1.29, 1.82) is 0 Å². The van der Waals surface area contributed by atoms with Gasteiger partial charge in [-0.3, -0.25) is 0 Å². The summed E-state index contributed by atoms with van der Waals surface area (Å²) >= 11 is 5.84. The van der Waals surface area contributed by atoms with Crippen LogP contribution in [0.3, 0.4) is 0 Å². The fraction of sp³-hybridized carbons (Fsp3) is 0.250. The molecule has 0 aliphatic rings. The number of halogens is 1. The van der Waals surface area contributed by atoms with Crippen LogP contribution in [-0.2, 0) is 6.42 Å². The van der Waals surface area contributed by atoms with E-state index in [1.54, 1.807) is 18.2 Å². The first kappa shape index (κ1) is 11.0. The van der Waals surface area contributed by atoms with Crippen LogP contribution in [0.15, 0.2) is 33.5 Å². The van der Waals surface area contributed by atoms with Crippen molar-refractivity contribution in [1.82, 2.24) is 0 Å². The minimum absolute atomic E-state index is 0.0779. The topological polar surface area (TPSA) is 50.4 Å². The van der Waals surface area contributed by atoms with Crippen molar-refractivity contribution in [2.24, 2.45) is 0 Å². The number of hydrogen-bond donors (Lipinski definition) is 1. The molecule has 0 spiro atoms. The summed E-state index contributed by atoms with van der Waals surface area (Å²) in [5, 5.41) is 9.92. The molecule has 1 N–H and O–H groups in total. The Bertz CT molecular complexity index is 572. The average molecular weight is 239 g/mol. The van der Waals surface area contributed by atoms with Crippen molar-refractivity contribution in [3.8, 4) is 5.75 Å². The number of phenols is 1. The maximum atomic E-state index is 11.6. The van der Waals surface area contributed by atoms with Crippen molar-refractivity contribution >= 4 is 22.6 Å². The molecule has 84 valence electrons. The molecule has 0 aliphatic carbocycles. The highest BCUT2D eigenvalue weighted by molar-refractivity contribution is 6.20. The lowest BCUT2D eigenvalue weighted by atomic mass is 10.1. The number of fused-ring (bicyclic) bond motifs is 1. The Kier molecular flexibility index (Phi) is 2.88. The van der Waals surface area contributed by atoms with E-state index in [4.69, 9.17) is 16.0 Å². The van der Waals surface area contributed by atoms with Gasteiger partial charge in [0.15, 0.2) is 0 Å². The minimum Gasteiger partial charge on any atom is -0.508 e. The van der Waals surface area contributed by atoms with Crippen molar-refractivity contribution in [3.05, 3.63) is 40.2 Å². The molecule has 1 heterocycles. The van der Waals surface area contributed by atoms with E-state index in [1.165, 1.54) is 6.07 Å². The zero-order valence-electron chi connectivity index (χ0n) is 8.74. The first-order valence-electron chi connectivity index (χ1n) is 4.96. The predicted molar refractivity (Wildman–Crippen MR) is 63.2 cm³/mol. The third-order valence-corrected chi connectivity index (χ3v) is 2.45. The van der Waals surface area contributed by atoms with Gasteiger partial charge in [0, 0.05) is 22.4 Å². The molecule has 0 saturated carbocycles. The smallest absolute Gasteiger partial charge is 0.339 e. The van der Waals surface area contributed by atoms with Gasteiger partial charge >= 0.3 is 5.63 Å². The Morgan fingerprint density at radius 2 is 2.19 bits per heavy atom. The summed E-state index contributed by atoms with van der Waals surface area (Å²) in [6.45, 7) is 1.82. The first-order valence-corrected chi connectivity index (χ1v) is 5.40. The van der Waals surface area contributed by atoms with Crippen LogP contribution < -0.4 is 5.63 Å². The molecule has 0 amide bonds. The summed E-state index contributed by atoms with van der Waals surface area (Å²) in [4.78, 5) is 11.6. The second-order valence-corrected chi connectivity index (χ2v) is 4.51. The van der Waals surface area contributed by atoms with Gasteiger partial charge in [0.2, 0.25) is 0 Å². The van der Waals surface area contributed by atoms with E-state index in [9.17, 15) is 9.90 Å². The molecule has 4 heteroatoms. The van der Waals surface area contributed by atoms with Crippen LogP contribution in [0.1, 0.15) is 12.5 Å². The molecule has 0 bridgehead atoms. The molecule has 1 atom stereocenters. The summed E-state index contributed by atoms with van der Waals surface area (Å²) in [5.41, 5.74) is 0.544. The molecule has 3 nitrogen and oxygen atoms in total. The van der Waals surface area contributed by atoms with Crippen molar-refractivity contribution in [2.45, 2.75) is 18.7 Å². The fourth-order valence-electron chi connectivity index (χ4n) is 1.59. The second kappa shape index (κ2) is 4.18. The molecule has 0 unspecified atom stereocenters. The predicted octanol–water partition coefficient (Wildman–Crippen LogP) is 2.67. The summed E-state index contributed by atoms with van der Waals surface area (Å²) in [7, 11) is 0. The van der Waals surface area contributed by atoms with Gasteiger partial charge in [-0.05, 0) is 31.5 Å². The van der Waals surface area contributed by atoms with Crippen LogP contribution in [0.4, 0.5) is 0 Å². The van der Waals surface area contributed by atoms with Gasteiger partial charge in [0.1, 0.15) is 11.3 Å². The molecule has 0 radical (unpaired) electrons. The van der Waals surface area contributed by atoms with Gasteiger partial charge in [0.05, 0.1) is 0 Å². The highest BCUT2D eigenvalue weighted by Crippen LogP contribution is 2.19. The van der Waals surface area contributed by atoms with Crippen LogP contribution in [0, 0.1) is 0 Å². The zero-order chi connectivity index (χ0) is 11.7. The lowest BCUT2D eigenvalue weighted by Gasteiger charge is -2.03. The molecule has 0 saturated heterocycles. The Hall–Kier alpha value is -1.48. The molecule has 1 aromatic carbocycles. The Labute approximate surface area is 97.3 Å². The van der Waals surface area contributed by atoms with Crippen LogP contribution in [0.5, 0.6) is 5.75 Å². The van der Waals surface area contributed by atoms with Crippen LogP contribution in [-0.4, -0.2) is 10.5 Å². The van der Waals surface area contributed by atoms with Gasteiger partial charge in [-0.2, -0.15) is 0 Å². The quantitative estimate of drug-likeness (QED) is 0.646. The third kappa shape index (κ3) is 2.19. The number of benzene rings is 1. The Morgan fingerprint density at radius 1 is 1.44 bits per heavy atom. The van der Waals surface area contributed by atoms with Crippen LogP contribution in [0.2, 0.25) is 0 Å². The van der Waals surface area contributed by atoms with Gasteiger partial charge in [0.25, 0.3) is 0 Å². The summed E-state index contributed by atoms with van der Waals surface area (Å²) in [6.07, 6.45) is 0.473. The number of aromatic hydroxyl groups is 1. The third-order valence-electron chi connectivity index (χ3n) is 2.29. The summed E-state index contributed by atoms with van der Waals surface area (Å²) in [5.74, 6) is 0.0779. The molecular formula is C12H11ClO3. The van der Waals surface area contributed by atoms with E-state index in [-0.39, 0.29) is 11.1 Å². The number of phenolic OH excluding ortho intramolecular Hbond substituents is 1. The van der Waals surface area contributed by atoms with E-state index in [0.29, 0.717) is 17.6 Å². The molecule has 16 heavy (non-hydrogen) atoms. The number of alkyl halides is 1. The number of rotatable bonds is 2. The van der Waals surface area contributed by atoms with E-state index in [2.05, 4.69) is 0 Å². The SMILES string of the molecule is C[C@H](Cl)Cc1cc2ccc(O)cc2oc1=O. The highest BCUT2D eigenvalue weighted by atomic mass is 35.5. The van der Waals surface area contributed by atoms with E-state index < -0.39 is 5.63 Å². The van der Waals surface area contributed by atoms with Gasteiger partial charge < -0.3 is 9.52 Å². The van der Waals surface area contributed by atoms with Crippen molar-refractivity contribution < 1.29 is 9.52 Å². The zero-order valence-corrected chi connectivity index (χ0v) is 9.49. The summed E-state index contributed by atoms with van der Waals surface area (Å²) < 4.78 is 5.10. The van der Waals surface area contributed by atoms with Crippen molar-refractivity contribution in [2.75, 3.05) is 0 Å². The normalized spacial score (nSPS) is 12.9. The minimum atomic E-state index is -0.398. The average Bonchev–Trinajstić information content (AvgIpc) is 2.19. The van der Waals surface area contributed by atoms with Gasteiger partial charge in [-0.25, -0.2) is 4.79 Å².